The van der Waals surface area contributed by atoms with Gasteiger partial charge in [-0.1, -0.05) is 153 Å². The molecule has 10 atom stereocenters. The van der Waals surface area contributed by atoms with Crippen molar-refractivity contribution in [2.45, 2.75) is 200 Å². The van der Waals surface area contributed by atoms with E-state index >= 15 is 0 Å². The number of nitrogens with two attached hydrogens (primary N) is 2. The van der Waals surface area contributed by atoms with Crippen LogP contribution in [0.4, 0.5) is 0 Å². The number of Topliss-reactive ketones (excluding diaryl/α,β-unsaturated/α-hetero) is 2. The average Bonchev–Trinajstić information content (AvgIpc) is 3.75. The molecule has 5 aliphatic rings. The molecular weight excluding hydrogens is 1140 g/mol. The van der Waals surface area contributed by atoms with Gasteiger partial charge in [-0.05, 0) is 156 Å². The first-order chi connectivity index (χ1) is 43.3. The van der Waals surface area contributed by atoms with Crippen LogP contribution in [0.25, 0.3) is 0 Å². The minimum Gasteiger partial charge on any atom is -0.481 e. The van der Waals surface area contributed by atoms with Crippen molar-refractivity contribution in [2.24, 2.45) is 64.7 Å². The summed E-state index contributed by atoms with van der Waals surface area (Å²) in [7, 11) is 0. The molecule has 0 heterocycles. The standard InChI is InChI=1S/C17H22O3.C16H21NO3.C16H20O4.C15H21NO2.C9H14O3/c1-13(18)16-9-5-8-15(10-16)11-17(19)20-12-14-6-3-2-4-7-14;17-16(19)14-8-4-7-13(9-14)10-15(18)20-11-12-5-2-1-3-6-12;17-15(20-11-12-5-2-1-3-6-12)10-13-7-4-8-14(9-13)16(18)19;16-14-8-4-7-13(9-14)10-15(17)18-11-12-5-2-1-3-6-12;1-6(10)7-3-2-4-8(5-7)9(11)12/h2-4,6-7,15-16H,5,8-12H2,1H3;1-3,5-6,13-14H,4,7-11H2,(H2,17,19);1-3,5-6,13-14H,4,7-11H2,(H,18,19);1-3,5-6,13-14H,4,7-11,16H2;7-8H,2-5H2,1H3,(H,11,12)/t15-,16+;3*13-,14+;/m0000./s1. The highest BCUT2D eigenvalue weighted by Crippen LogP contribution is 2.35. The second-order valence-electron chi connectivity index (χ2n) is 25.2. The maximum Gasteiger partial charge on any atom is 0.306 e. The number of carboxylic acids is 2. The second kappa shape index (κ2) is 41.0. The molecule has 17 nitrogen and oxygen atoms in total. The number of benzene rings is 4. The summed E-state index contributed by atoms with van der Waals surface area (Å²) >= 11 is 0. The number of primary amides is 1. The van der Waals surface area contributed by atoms with Gasteiger partial charge in [0.25, 0.3) is 0 Å². The Morgan fingerprint density at radius 2 is 0.611 bits per heavy atom. The van der Waals surface area contributed by atoms with E-state index < -0.39 is 11.9 Å². The quantitative estimate of drug-likeness (QED) is 0.0445. The second-order valence-corrected chi connectivity index (χ2v) is 25.2. The fourth-order valence-electron chi connectivity index (χ4n) is 12.7. The molecule has 4 aromatic carbocycles. The van der Waals surface area contributed by atoms with Crippen LogP contribution >= 0.6 is 0 Å². The summed E-state index contributed by atoms with van der Waals surface area (Å²) in [6.45, 7) is 4.51. The highest BCUT2D eigenvalue weighted by Gasteiger charge is 2.32. The molecule has 490 valence electrons. The predicted octanol–water partition coefficient (Wildman–Crippen LogP) is 13.0. The smallest absolute Gasteiger partial charge is 0.306 e. The van der Waals surface area contributed by atoms with Gasteiger partial charge in [-0.25, -0.2) is 0 Å². The van der Waals surface area contributed by atoms with Gasteiger partial charge in [0.2, 0.25) is 5.91 Å². The van der Waals surface area contributed by atoms with Gasteiger partial charge in [0.05, 0.1) is 11.8 Å². The van der Waals surface area contributed by atoms with Crippen molar-refractivity contribution in [1.29, 1.82) is 0 Å². The van der Waals surface area contributed by atoms with Gasteiger partial charge in [0, 0.05) is 49.5 Å². The van der Waals surface area contributed by atoms with Crippen LogP contribution in [0.3, 0.4) is 0 Å². The third-order valence-electron chi connectivity index (χ3n) is 17.9. The zero-order valence-corrected chi connectivity index (χ0v) is 53.0. The minimum absolute atomic E-state index is 0.000139. The third kappa shape index (κ3) is 29.9. The number of carboxylic acid groups (broad SMARTS) is 2. The minimum atomic E-state index is -0.749. The van der Waals surface area contributed by atoms with Gasteiger partial charge in [0.15, 0.2) is 0 Å². The van der Waals surface area contributed by atoms with E-state index in [4.69, 9.17) is 40.6 Å². The Balaban J connectivity index is 0.000000206. The number of ether oxygens (including phenoxy) is 4. The first-order valence-electron chi connectivity index (χ1n) is 32.6. The van der Waals surface area contributed by atoms with Crippen LogP contribution in [0.5, 0.6) is 0 Å². The summed E-state index contributed by atoms with van der Waals surface area (Å²) < 4.78 is 21.1. The normalized spacial score (nSPS) is 23.5. The van der Waals surface area contributed by atoms with Crippen molar-refractivity contribution in [3.63, 3.8) is 0 Å². The number of aliphatic carboxylic acids is 2. The van der Waals surface area contributed by atoms with Gasteiger partial charge in [0.1, 0.15) is 38.0 Å². The number of carbonyl (C=O) groups excluding carboxylic acids is 7. The van der Waals surface area contributed by atoms with E-state index in [1.165, 1.54) is 0 Å². The molecule has 0 spiro atoms. The molecule has 1 amide bonds. The Kier molecular flexibility index (Phi) is 33.3. The molecule has 2 unspecified atom stereocenters. The number of carbonyl (C=O) groups is 9. The highest BCUT2D eigenvalue weighted by atomic mass is 16.5. The Morgan fingerprint density at radius 1 is 0.356 bits per heavy atom. The van der Waals surface area contributed by atoms with Gasteiger partial charge >= 0.3 is 35.8 Å². The number of esters is 4. The fraction of sp³-hybridized carbons (Fsp3) is 0.548. The molecule has 5 aliphatic carbocycles. The van der Waals surface area contributed by atoms with E-state index in [9.17, 15) is 43.2 Å². The van der Waals surface area contributed by atoms with Gasteiger partial charge in [-0.2, -0.15) is 0 Å². The van der Waals surface area contributed by atoms with Crippen LogP contribution in [0.15, 0.2) is 121 Å². The zero-order valence-electron chi connectivity index (χ0n) is 53.0. The lowest BCUT2D eigenvalue weighted by Crippen LogP contribution is -2.29. The highest BCUT2D eigenvalue weighted by molar-refractivity contribution is 5.80. The van der Waals surface area contributed by atoms with Crippen molar-refractivity contribution in [2.75, 3.05) is 0 Å². The summed E-state index contributed by atoms with van der Waals surface area (Å²) in [6, 6.07) is 38.9. The topological polar surface area (TPSA) is 283 Å². The molecule has 0 radical (unpaired) electrons. The lowest BCUT2D eigenvalue weighted by atomic mass is 9.78. The van der Waals surface area contributed by atoms with Crippen molar-refractivity contribution < 1.29 is 72.3 Å². The lowest BCUT2D eigenvalue weighted by molar-refractivity contribution is -0.149. The van der Waals surface area contributed by atoms with Crippen LogP contribution in [0.1, 0.15) is 190 Å². The Bertz CT molecular complexity index is 2590. The van der Waals surface area contributed by atoms with Crippen molar-refractivity contribution >= 4 is 53.3 Å². The van der Waals surface area contributed by atoms with Crippen molar-refractivity contribution in [3.05, 3.63) is 144 Å². The SMILES string of the molecule is CC(=O)C1CCCC(C(=O)O)C1.CC(=O)[C@@H]1CCC[C@H](CC(=O)OCc2ccccc2)C1.NC(=O)[C@@H]1CCC[C@H](CC(=O)OCc2ccccc2)C1.N[C@@H]1CCC[C@H](CC(=O)OCc2ccccc2)C1.O=C(C[C@H]1CCC[C@@H](C(=O)O)C1)OCc1ccccc1. The number of ketones is 2. The summed E-state index contributed by atoms with van der Waals surface area (Å²) in [5.41, 5.74) is 15.2. The fourth-order valence-corrected chi connectivity index (χ4v) is 12.7. The van der Waals surface area contributed by atoms with Crippen LogP contribution in [-0.2, 0) is 88.5 Å². The summed E-state index contributed by atoms with van der Waals surface area (Å²) in [6.07, 6.45) is 19.5. The molecule has 5 fully saturated rings. The largest absolute Gasteiger partial charge is 0.481 e. The van der Waals surface area contributed by atoms with E-state index in [-0.39, 0.29) is 95.4 Å². The molecule has 4 aromatic rings. The molecule has 5 saturated carbocycles. The first-order valence-corrected chi connectivity index (χ1v) is 32.6. The molecule has 0 aliphatic heterocycles. The van der Waals surface area contributed by atoms with Gasteiger partial charge in [-0.15, -0.1) is 0 Å². The molecule has 6 N–H and O–H groups in total. The maximum absolute atomic E-state index is 11.9. The van der Waals surface area contributed by atoms with E-state index in [1.807, 2.05) is 121 Å². The molecular formula is C73H98N2O15. The van der Waals surface area contributed by atoms with Crippen LogP contribution in [-0.4, -0.2) is 69.5 Å². The molecule has 0 bridgehead atoms. The predicted molar refractivity (Wildman–Crippen MR) is 341 cm³/mol. The summed E-state index contributed by atoms with van der Waals surface area (Å²) in [5.74, 6) is -1.42. The summed E-state index contributed by atoms with van der Waals surface area (Å²) in [5, 5.41) is 17.8. The molecule has 90 heavy (non-hydrogen) atoms. The average molecular weight is 1240 g/mol. The van der Waals surface area contributed by atoms with Crippen LogP contribution < -0.4 is 11.5 Å². The number of hydrogen-bond acceptors (Lipinski definition) is 14. The zero-order chi connectivity index (χ0) is 65.0. The van der Waals surface area contributed by atoms with Crippen molar-refractivity contribution in [1.82, 2.24) is 0 Å². The number of amides is 1. The van der Waals surface area contributed by atoms with Crippen LogP contribution in [0, 0.1) is 53.3 Å². The number of rotatable bonds is 21. The van der Waals surface area contributed by atoms with Crippen molar-refractivity contribution in [3.8, 4) is 0 Å². The van der Waals surface area contributed by atoms with Crippen LogP contribution in [0.2, 0.25) is 0 Å². The Morgan fingerprint density at radius 3 is 0.922 bits per heavy atom. The molecule has 0 aromatic heterocycles. The Hall–Kier alpha value is -7.53. The van der Waals surface area contributed by atoms with E-state index in [0.717, 1.165) is 138 Å². The number of hydrogen-bond donors (Lipinski definition) is 4. The third-order valence-corrected chi connectivity index (χ3v) is 17.9. The van der Waals surface area contributed by atoms with E-state index in [1.54, 1.807) is 13.8 Å². The monoisotopic (exact) mass is 1240 g/mol. The molecule has 9 rings (SSSR count). The lowest BCUT2D eigenvalue weighted by Gasteiger charge is -2.26. The van der Waals surface area contributed by atoms with E-state index in [2.05, 4.69) is 0 Å². The first kappa shape index (κ1) is 73.2. The maximum atomic E-state index is 11.9. The van der Waals surface area contributed by atoms with Gasteiger partial charge < -0.3 is 40.6 Å². The molecule has 17 heteroatoms. The molecule has 0 saturated heterocycles. The van der Waals surface area contributed by atoms with Gasteiger partial charge in [-0.3, -0.25) is 43.2 Å². The van der Waals surface area contributed by atoms with E-state index in [0.29, 0.717) is 70.2 Å². The summed E-state index contributed by atoms with van der Waals surface area (Å²) in [4.78, 5) is 102. The Labute approximate surface area is 532 Å².